The van der Waals surface area contributed by atoms with Crippen molar-refractivity contribution in [1.82, 2.24) is 9.62 Å². The second kappa shape index (κ2) is 8.59. The molecule has 1 aliphatic heterocycles. The molecule has 1 saturated heterocycles. The molecule has 2 rings (SSSR count). The highest BCUT2D eigenvalue weighted by Crippen LogP contribution is 2.26. The summed E-state index contributed by atoms with van der Waals surface area (Å²) in [6.45, 7) is 4.97. The van der Waals surface area contributed by atoms with Gasteiger partial charge < -0.3 is 5.32 Å². The van der Waals surface area contributed by atoms with E-state index in [1.54, 1.807) is 0 Å². The Hall–Kier alpha value is -0.210. The van der Waals surface area contributed by atoms with Gasteiger partial charge in [0.2, 0.25) is 10.0 Å². The summed E-state index contributed by atoms with van der Waals surface area (Å²) < 4.78 is 40.0. The van der Waals surface area contributed by atoms with E-state index >= 15 is 0 Å². The summed E-state index contributed by atoms with van der Waals surface area (Å²) in [6.07, 6.45) is 1.71. The van der Waals surface area contributed by atoms with Crippen LogP contribution in [0.3, 0.4) is 0 Å². The van der Waals surface area contributed by atoms with Crippen LogP contribution in [0, 0.1) is 11.7 Å². The third-order valence-electron chi connectivity index (χ3n) is 3.79. The summed E-state index contributed by atoms with van der Waals surface area (Å²) in [7, 11) is -3.53. The zero-order valence-corrected chi connectivity index (χ0v) is 15.6. The van der Waals surface area contributed by atoms with Crippen LogP contribution in [0.1, 0.15) is 19.8 Å². The first-order chi connectivity index (χ1) is 9.95. The van der Waals surface area contributed by atoms with E-state index in [9.17, 15) is 12.8 Å². The maximum absolute atomic E-state index is 13.2. The molecule has 1 aromatic carbocycles. The standard InChI is InChI=1S/C14H20BrFN2O2S.ClH/c1-2-17-10-11-5-7-18(8-6-11)21(19,20)12-3-4-14(16)13(15)9-12;/h3-4,9,11,17H,2,5-8,10H2,1H3;1H. The van der Waals surface area contributed by atoms with Crippen molar-refractivity contribution in [3.8, 4) is 0 Å². The lowest BCUT2D eigenvalue weighted by atomic mass is 9.98. The Morgan fingerprint density at radius 2 is 2.00 bits per heavy atom. The highest BCUT2D eigenvalue weighted by molar-refractivity contribution is 9.10. The summed E-state index contributed by atoms with van der Waals surface area (Å²) in [5.74, 6) is 0.0645. The summed E-state index contributed by atoms with van der Waals surface area (Å²) >= 11 is 3.03. The number of halogens is 3. The van der Waals surface area contributed by atoms with E-state index in [4.69, 9.17) is 0 Å². The van der Waals surface area contributed by atoms with Crippen molar-refractivity contribution in [2.75, 3.05) is 26.2 Å². The minimum atomic E-state index is -3.53. The largest absolute Gasteiger partial charge is 0.317 e. The Morgan fingerprint density at radius 3 is 2.55 bits per heavy atom. The number of hydrogen-bond donors (Lipinski definition) is 1. The normalized spacial score (nSPS) is 17.2. The van der Waals surface area contributed by atoms with E-state index in [1.807, 2.05) is 0 Å². The van der Waals surface area contributed by atoms with Gasteiger partial charge in [-0.2, -0.15) is 4.31 Å². The van der Waals surface area contributed by atoms with Crippen LogP contribution in [0.15, 0.2) is 27.6 Å². The van der Waals surface area contributed by atoms with Gasteiger partial charge in [0.15, 0.2) is 0 Å². The number of nitrogens with zero attached hydrogens (tertiary/aromatic N) is 1. The molecular formula is C14H21BrClFN2O2S. The third kappa shape index (κ3) is 4.64. The molecule has 1 fully saturated rings. The Bertz CT molecular complexity index is 593. The van der Waals surface area contributed by atoms with Crippen LogP contribution in [0.5, 0.6) is 0 Å². The molecule has 0 bridgehead atoms. The third-order valence-corrected chi connectivity index (χ3v) is 6.29. The van der Waals surface area contributed by atoms with Crippen molar-refractivity contribution >= 4 is 38.4 Å². The molecule has 0 saturated carbocycles. The molecule has 0 aromatic heterocycles. The van der Waals surface area contributed by atoms with Gasteiger partial charge >= 0.3 is 0 Å². The van der Waals surface area contributed by atoms with Crippen LogP contribution in [0.25, 0.3) is 0 Å². The van der Waals surface area contributed by atoms with Crippen LogP contribution in [0.2, 0.25) is 0 Å². The Balaban J connectivity index is 0.00000242. The summed E-state index contributed by atoms with van der Waals surface area (Å²) in [5.41, 5.74) is 0. The fourth-order valence-corrected chi connectivity index (χ4v) is 4.52. The van der Waals surface area contributed by atoms with E-state index in [-0.39, 0.29) is 21.8 Å². The second-order valence-corrected chi connectivity index (χ2v) is 8.02. The Morgan fingerprint density at radius 1 is 1.36 bits per heavy atom. The molecule has 1 N–H and O–H groups in total. The first kappa shape index (κ1) is 19.8. The molecule has 0 amide bonds. The van der Waals surface area contributed by atoms with E-state index in [2.05, 4.69) is 28.2 Å². The minimum absolute atomic E-state index is 0. The fraction of sp³-hybridized carbons (Fsp3) is 0.571. The maximum Gasteiger partial charge on any atom is 0.243 e. The molecule has 0 atom stereocenters. The van der Waals surface area contributed by atoms with Crippen LogP contribution < -0.4 is 5.32 Å². The van der Waals surface area contributed by atoms with Crippen molar-refractivity contribution in [3.63, 3.8) is 0 Å². The molecule has 0 aliphatic carbocycles. The molecule has 8 heteroatoms. The Kier molecular flexibility index (Phi) is 7.74. The van der Waals surface area contributed by atoms with Crippen molar-refractivity contribution < 1.29 is 12.8 Å². The van der Waals surface area contributed by atoms with E-state index in [0.717, 1.165) is 25.9 Å². The number of piperidine rings is 1. The minimum Gasteiger partial charge on any atom is -0.317 e. The molecule has 22 heavy (non-hydrogen) atoms. The van der Waals surface area contributed by atoms with Gasteiger partial charge in [0, 0.05) is 13.1 Å². The van der Waals surface area contributed by atoms with Gasteiger partial charge in [-0.1, -0.05) is 6.92 Å². The van der Waals surface area contributed by atoms with Gasteiger partial charge in [0.1, 0.15) is 5.82 Å². The van der Waals surface area contributed by atoms with Crippen LogP contribution >= 0.6 is 28.3 Å². The number of nitrogens with one attached hydrogen (secondary N) is 1. The van der Waals surface area contributed by atoms with Crippen molar-refractivity contribution in [1.29, 1.82) is 0 Å². The molecule has 0 radical (unpaired) electrons. The Labute approximate surface area is 146 Å². The monoisotopic (exact) mass is 414 g/mol. The van der Waals surface area contributed by atoms with Crippen LogP contribution in [-0.2, 0) is 10.0 Å². The molecule has 1 aliphatic rings. The first-order valence-corrected chi connectivity index (χ1v) is 9.34. The number of hydrogen-bond acceptors (Lipinski definition) is 3. The molecule has 126 valence electrons. The smallest absolute Gasteiger partial charge is 0.243 e. The molecule has 1 heterocycles. The predicted molar refractivity (Wildman–Crippen MR) is 91.4 cm³/mol. The lowest BCUT2D eigenvalue weighted by molar-refractivity contribution is 0.268. The maximum atomic E-state index is 13.2. The van der Waals surface area contributed by atoms with Gasteiger partial charge in [-0.15, -0.1) is 12.4 Å². The molecular weight excluding hydrogens is 395 g/mol. The fourth-order valence-electron chi connectivity index (χ4n) is 2.49. The zero-order chi connectivity index (χ0) is 15.5. The number of sulfonamides is 1. The van der Waals surface area contributed by atoms with Gasteiger partial charge in [0.25, 0.3) is 0 Å². The lowest BCUT2D eigenvalue weighted by Crippen LogP contribution is -2.40. The highest BCUT2D eigenvalue weighted by Gasteiger charge is 2.29. The van der Waals surface area contributed by atoms with Crippen molar-refractivity contribution in [3.05, 3.63) is 28.5 Å². The van der Waals surface area contributed by atoms with E-state index < -0.39 is 15.8 Å². The first-order valence-electron chi connectivity index (χ1n) is 7.11. The van der Waals surface area contributed by atoms with Gasteiger partial charge in [-0.3, -0.25) is 0 Å². The second-order valence-electron chi connectivity index (χ2n) is 5.23. The van der Waals surface area contributed by atoms with Crippen molar-refractivity contribution in [2.24, 2.45) is 5.92 Å². The SMILES string of the molecule is CCNCC1CCN(S(=O)(=O)c2ccc(F)c(Br)c2)CC1.Cl. The van der Waals surface area contributed by atoms with E-state index in [0.29, 0.717) is 19.0 Å². The van der Waals surface area contributed by atoms with Crippen LogP contribution in [-0.4, -0.2) is 38.9 Å². The molecule has 1 aromatic rings. The van der Waals surface area contributed by atoms with Gasteiger partial charge in [-0.05, 0) is 66.0 Å². The zero-order valence-electron chi connectivity index (χ0n) is 12.4. The molecule has 0 spiro atoms. The quantitative estimate of drug-likeness (QED) is 0.804. The van der Waals surface area contributed by atoms with Crippen LogP contribution in [0.4, 0.5) is 4.39 Å². The van der Waals surface area contributed by atoms with Gasteiger partial charge in [-0.25, -0.2) is 12.8 Å². The highest BCUT2D eigenvalue weighted by atomic mass is 79.9. The number of benzene rings is 1. The number of rotatable bonds is 5. The summed E-state index contributed by atoms with van der Waals surface area (Å²) in [6, 6.07) is 3.82. The van der Waals surface area contributed by atoms with Crippen molar-refractivity contribution in [2.45, 2.75) is 24.7 Å². The average molecular weight is 416 g/mol. The van der Waals surface area contributed by atoms with Gasteiger partial charge in [0.05, 0.1) is 9.37 Å². The molecule has 0 unspecified atom stereocenters. The molecule has 4 nitrogen and oxygen atoms in total. The average Bonchev–Trinajstić information content (AvgIpc) is 2.48. The topological polar surface area (TPSA) is 49.4 Å². The lowest BCUT2D eigenvalue weighted by Gasteiger charge is -2.31. The predicted octanol–water partition coefficient (Wildman–Crippen LogP) is 3.02. The summed E-state index contributed by atoms with van der Waals surface area (Å²) in [5, 5.41) is 3.30. The summed E-state index contributed by atoms with van der Waals surface area (Å²) in [4.78, 5) is 0.140. The van der Waals surface area contributed by atoms with E-state index in [1.165, 1.54) is 22.5 Å².